The molecule has 2 aromatic heterocycles. The Morgan fingerprint density at radius 2 is 2.22 bits per heavy atom. The van der Waals surface area contributed by atoms with Crippen LogP contribution in [0, 0.1) is 5.92 Å². The topological polar surface area (TPSA) is 98.7 Å². The summed E-state index contributed by atoms with van der Waals surface area (Å²) in [7, 11) is 0. The average Bonchev–Trinajstić information content (AvgIpc) is 3.23. The first-order valence-corrected chi connectivity index (χ1v) is 6.96. The highest BCUT2D eigenvalue weighted by Crippen LogP contribution is 2.39. The summed E-state index contributed by atoms with van der Waals surface area (Å²) in [4.78, 5) is 20.5. The van der Waals surface area contributed by atoms with Crippen molar-refractivity contribution in [2.24, 2.45) is 11.7 Å². The molecule has 0 saturated heterocycles. The quantitative estimate of drug-likeness (QED) is 0.840. The van der Waals surface area contributed by atoms with Gasteiger partial charge in [-0.3, -0.25) is 4.79 Å². The van der Waals surface area contributed by atoms with Crippen LogP contribution in [0.25, 0.3) is 5.82 Å². The van der Waals surface area contributed by atoms with Crippen molar-refractivity contribution in [3.05, 3.63) is 36.5 Å². The van der Waals surface area contributed by atoms with Gasteiger partial charge in [0, 0.05) is 18.3 Å². The van der Waals surface area contributed by atoms with Crippen molar-refractivity contribution >= 4 is 30.7 Å². The number of hydrogen-bond donors (Lipinski definition) is 2. The summed E-state index contributed by atoms with van der Waals surface area (Å²) in [5.41, 5.74) is 6.03. The summed E-state index contributed by atoms with van der Waals surface area (Å²) in [6.07, 6.45) is 6.79. The molecule has 0 aromatic carbocycles. The van der Waals surface area contributed by atoms with Crippen molar-refractivity contribution in [3.63, 3.8) is 0 Å². The Labute approximate surface area is 146 Å². The molecule has 1 atom stereocenters. The van der Waals surface area contributed by atoms with Gasteiger partial charge in [0.15, 0.2) is 5.82 Å². The van der Waals surface area contributed by atoms with Gasteiger partial charge in [-0.25, -0.2) is 14.6 Å². The number of carbonyl (C=O) groups is 1. The molecule has 1 saturated carbocycles. The normalized spacial score (nSPS) is 15.7. The first-order chi connectivity index (χ1) is 10.1. The molecule has 2 heterocycles. The molecular weight excluding hydrogens is 339 g/mol. The fourth-order valence-corrected chi connectivity index (χ4v) is 2.38. The molecule has 3 rings (SSSR count). The van der Waals surface area contributed by atoms with E-state index in [9.17, 15) is 4.79 Å². The highest BCUT2D eigenvalue weighted by Gasteiger charge is 2.41. The van der Waals surface area contributed by atoms with E-state index >= 15 is 0 Å². The molecule has 1 fully saturated rings. The molecule has 0 spiro atoms. The SMILES string of the molecule is CC(CN)(NC(=O)c1ccnc(-n2cncn2)c1)C1CC1.Cl.Cl. The maximum absolute atomic E-state index is 12.4. The molecule has 9 heteroatoms. The third-order valence-corrected chi connectivity index (χ3v) is 3.96. The van der Waals surface area contributed by atoms with Crippen molar-refractivity contribution in [1.29, 1.82) is 0 Å². The number of pyridine rings is 1. The Kier molecular flexibility index (Phi) is 6.49. The maximum Gasteiger partial charge on any atom is 0.251 e. The second-order valence-corrected chi connectivity index (χ2v) is 5.59. The number of halogens is 2. The molecule has 0 radical (unpaired) electrons. The van der Waals surface area contributed by atoms with E-state index in [0.29, 0.717) is 23.8 Å². The Morgan fingerprint density at radius 3 is 2.78 bits per heavy atom. The number of hydrogen-bond acceptors (Lipinski definition) is 5. The number of rotatable bonds is 5. The van der Waals surface area contributed by atoms with E-state index < -0.39 is 0 Å². The standard InChI is InChI=1S/C14H18N6O.2ClH/c1-14(7-15,11-2-3-11)19-13(21)10-4-5-17-12(6-10)20-9-16-8-18-20;;/h4-6,8-9,11H,2-3,7,15H2,1H3,(H,19,21);2*1H. The lowest BCUT2D eigenvalue weighted by molar-refractivity contribution is 0.0897. The molecule has 1 aliphatic rings. The average molecular weight is 359 g/mol. The number of nitrogens with zero attached hydrogens (tertiary/aromatic N) is 4. The summed E-state index contributed by atoms with van der Waals surface area (Å²) in [5.74, 6) is 0.891. The minimum Gasteiger partial charge on any atom is -0.345 e. The van der Waals surface area contributed by atoms with Gasteiger partial charge >= 0.3 is 0 Å². The minimum absolute atomic E-state index is 0. The van der Waals surface area contributed by atoms with Gasteiger partial charge in [0.2, 0.25) is 0 Å². The van der Waals surface area contributed by atoms with E-state index in [2.05, 4.69) is 20.4 Å². The molecule has 126 valence electrons. The zero-order chi connectivity index (χ0) is 14.9. The Bertz CT molecular complexity index is 646. The summed E-state index contributed by atoms with van der Waals surface area (Å²) in [6.45, 7) is 2.44. The van der Waals surface area contributed by atoms with E-state index in [4.69, 9.17) is 5.73 Å². The molecule has 0 bridgehead atoms. The van der Waals surface area contributed by atoms with Crippen molar-refractivity contribution in [2.45, 2.75) is 25.3 Å². The molecule has 2 aromatic rings. The first-order valence-electron chi connectivity index (χ1n) is 6.96. The smallest absolute Gasteiger partial charge is 0.251 e. The van der Waals surface area contributed by atoms with Crippen LogP contribution in [0.3, 0.4) is 0 Å². The lowest BCUT2D eigenvalue weighted by atomic mass is 9.95. The Hall–Kier alpha value is -1.70. The lowest BCUT2D eigenvalue weighted by Crippen LogP contribution is -2.53. The summed E-state index contributed by atoms with van der Waals surface area (Å²) >= 11 is 0. The predicted octanol–water partition coefficient (Wildman–Crippen LogP) is 1.36. The highest BCUT2D eigenvalue weighted by atomic mass is 35.5. The van der Waals surface area contributed by atoms with Crippen molar-refractivity contribution in [3.8, 4) is 5.82 Å². The largest absolute Gasteiger partial charge is 0.345 e. The molecular formula is C14H20Cl2N6O. The summed E-state index contributed by atoms with van der Waals surface area (Å²) in [6, 6.07) is 3.37. The van der Waals surface area contributed by atoms with Crippen LogP contribution in [0.2, 0.25) is 0 Å². The fraction of sp³-hybridized carbons (Fsp3) is 0.429. The van der Waals surface area contributed by atoms with E-state index in [1.165, 1.54) is 17.3 Å². The van der Waals surface area contributed by atoms with E-state index in [1.807, 2.05) is 6.92 Å². The van der Waals surface area contributed by atoms with Gasteiger partial charge in [0.05, 0.1) is 5.54 Å². The molecule has 7 nitrogen and oxygen atoms in total. The summed E-state index contributed by atoms with van der Waals surface area (Å²) < 4.78 is 1.51. The van der Waals surface area contributed by atoms with E-state index in [-0.39, 0.29) is 36.3 Å². The molecule has 0 aliphatic heterocycles. The van der Waals surface area contributed by atoms with Crippen molar-refractivity contribution < 1.29 is 4.79 Å². The predicted molar refractivity (Wildman–Crippen MR) is 91.3 cm³/mol. The third-order valence-electron chi connectivity index (χ3n) is 3.96. The van der Waals surface area contributed by atoms with Gasteiger partial charge in [0.25, 0.3) is 5.91 Å². The molecule has 1 aliphatic carbocycles. The summed E-state index contributed by atoms with van der Waals surface area (Å²) in [5, 5.41) is 7.06. The minimum atomic E-state index is -0.340. The van der Waals surface area contributed by atoms with Gasteiger partial charge < -0.3 is 11.1 Å². The van der Waals surface area contributed by atoms with Gasteiger partial charge in [-0.1, -0.05) is 0 Å². The molecule has 23 heavy (non-hydrogen) atoms. The highest BCUT2D eigenvalue weighted by molar-refractivity contribution is 5.95. The zero-order valence-electron chi connectivity index (χ0n) is 12.7. The van der Waals surface area contributed by atoms with Crippen LogP contribution in [0.5, 0.6) is 0 Å². The number of aromatic nitrogens is 4. The number of nitrogens with one attached hydrogen (secondary N) is 1. The van der Waals surface area contributed by atoms with Crippen molar-refractivity contribution in [1.82, 2.24) is 25.1 Å². The van der Waals surface area contributed by atoms with Gasteiger partial charge in [-0.2, -0.15) is 5.10 Å². The monoisotopic (exact) mass is 358 g/mol. The zero-order valence-corrected chi connectivity index (χ0v) is 14.3. The Morgan fingerprint density at radius 1 is 1.48 bits per heavy atom. The van der Waals surface area contributed by atoms with Gasteiger partial charge in [-0.05, 0) is 37.8 Å². The number of nitrogens with two attached hydrogens (primary N) is 1. The van der Waals surface area contributed by atoms with Crippen LogP contribution in [0.15, 0.2) is 31.0 Å². The van der Waals surface area contributed by atoms with E-state index in [0.717, 1.165) is 12.8 Å². The second-order valence-electron chi connectivity index (χ2n) is 5.59. The first kappa shape index (κ1) is 19.3. The van der Waals surface area contributed by atoms with Crippen molar-refractivity contribution in [2.75, 3.05) is 6.54 Å². The van der Waals surface area contributed by atoms with Crippen LogP contribution in [-0.2, 0) is 0 Å². The molecule has 3 N–H and O–H groups in total. The van der Waals surface area contributed by atoms with Crippen LogP contribution in [-0.4, -0.2) is 37.7 Å². The van der Waals surface area contributed by atoms with Crippen LogP contribution < -0.4 is 11.1 Å². The number of carbonyl (C=O) groups excluding carboxylic acids is 1. The maximum atomic E-state index is 12.4. The molecule has 1 amide bonds. The second kappa shape index (κ2) is 7.72. The molecule has 1 unspecified atom stereocenters. The van der Waals surface area contributed by atoms with Gasteiger partial charge in [-0.15, -0.1) is 24.8 Å². The number of amides is 1. The van der Waals surface area contributed by atoms with E-state index in [1.54, 1.807) is 18.3 Å². The fourth-order valence-electron chi connectivity index (χ4n) is 2.38. The Balaban J connectivity index is 0.00000132. The van der Waals surface area contributed by atoms with Crippen LogP contribution >= 0.6 is 24.8 Å². The third kappa shape index (κ3) is 4.19. The van der Waals surface area contributed by atoms with Crippen LogP contribution in [0.4, 0.5) is 0 Å². The van der Waals surface area contributed by atoms with Crippen LogP contribution in [0.1, 0.15) is 30.1 Å². The van der Waals surface area contributed by atoms with Gasteiger partial charge in [0.1, 0.15) is 12.7 Å². The lowest BCUT2D eigenvalue weighted by Gasteiger charge is -2.29.